The van der Waals surface area contributed by atoms with Gasteiger partial charge in [-0.15, -0.1) is 0 Å². The molecule has 0 radical (unpaired) electrons. The topological polar surface area (TPSA) is 71.8 Å². The Morgan fingerprint density at radius 2 is 2.00 bits per heavy atom. The van der Waals surface area contributed by atoms with Crippen molar-refractivity contribution < 1.29 is 4.52 Å². The van der Waals surface area contributed by atoms with Gasteiger partial charge in [-0.2, -0.15) is 4.98 Å². The summed E-state index contributed by atoms with van der Waals surface area (Å²) < 4.78 is 5.58. The van der Waals surface area contributed by atoms with Crippen LogP contribution < -0.4 is 5.56 Å². The molecule has 0 spiro atoms. The third kappa shape index (κ3) is 2.42. The zero-order valence-electron chi connectivity index (χ0n) is 14.8. The predicted octanol–water partition coefficient (Wildman–Crippen LogP) is 3.75. The van der Waals surface area contributed by atoms with E-state index in [-0.39, 0.29) is 11.0 Å². The van der Waals surface area contributed by atoms with E-state index in [1.165, 1.54) is 11.1 Å². The van der Waals surface area contributed by atoms with Gasteiger partial charge in [0.1, 0.15) is 0 Å². The van der Waals surface area contributed by atoms with Gasteiger partial charge in [0.25, 0.3) is 5.56 Å². The van der Waals surface area contributed by atoms with Crippen molar-refractivity contribution in [3.8, 4) is 11.4 Å². The molecule has 0 saturated heterocycles. The Balaban J connectivity index is 1.47. The standard InChI is InChI=1S/C21H21N3O2/c1-21(12-16(21)13-7-3-2-4-8-13)20-23-18(24-26-20)15-11-14-9-5-6-10-17(14)22-19(15)25/h2-4,7-8,11,16H,5-6,9-10,12H2,1H3,(H,22,25)/t16-,21+/m1/s1. The molecule has 132 valence electrons. The quantitative estimate of drug-likeness (QED) is 0.783. The maximum Gasteiger partial charge on any atom is 0.259 e. The van der Waals surface area contributed by atoms with E-state index in [9.17, 15) is 4.79 Å². The molecule has 1 fully saturated rings. The maximum absolute atomic E-state index is 12.5. The van der Waals surface area contributed by atoms with Gasteiger partial charge in [0.15, 0.2) is 0 Å². The fraction of sp³-hybridized carbons (Fsp3) is 0.381. The summed E-state index contributed by atoms with van der Waals surface area (Å²) >= 11 is 0. The first-order chi connectivity index (χ1) is 12.6. The molecule has 1 aromatic carbocycles. The number of rotatable bonds is 3. The van der Waals surface area contributed by atoms with Crippen LogP contribution in [0.4, 0.5) is 0 Å². The SMILES string of the molecule is C[C@]1(c2nc(-c3cc4c([nH]c3=O)CCCC4)no2)C[C@@H]1c1ccccc1. The zero-order chi connectivity index (χ0) is 17.7. The lowest BCUT2D eigenvalue weighted by Gasteiger charge is -2.15. The molecule has 26 heavy (non-hydrogen) atoms. The van der Waals surface area contributed by atoms with Gasteiger partial charge >= 0.3 is 0 Å². The first kappa shape index (κ1) is 15.6. The molecular formula is C21H21N3O2. The lowest BCUT2D eigenvalue weighted by Crippen LogP contribution is -2.17. The van der Waals surface area contributed by atoms with E-state index in [2.05, 4.69) is 46.3 Å². The summed E-state index contributed by atoms with van der Waals surface area (Å²) in [4.78, 5) is 20.1. The first-order valence-electron chi connectivity index (χ1n) is 9.30. The predicted molar refractivity (Wildman–Crippen MR) is 98.1 cm³/mol. The number of fused-ring (bicyclic) bond motifs is 1. The summed E-state index contributed by atoms with van der Waals surface area (Å²) in [6, 6.07) is 12.4. The second-order valence-electron chi connectivity index (χ2n) is 7.73. The van der Waals surface area contributed by atoms with E-state index in [4.69, 9.17) is 4.52 Å². The Kier molecular flexibility index (Phi) is 3.39. The van der Waals surface area contributed by atoms with Crippen LogP contribution in [-0.4, -0.2) is 15.1 Å². The minimum atomic E-state index is -0.145. The van der Waals surface area contributed by atoms with Crippen LogP contribution in [-0.2, 0) is 18.3 Å². The summed E-state index contributed by atoms with van der Waals surface area (Å²) in [5, 5.41) is 4.12. The largest absolute Gasteiger partial charge is 0.338 e. The van der Waals surface area contributed by atoms with Crippen molar-refractivity contribution in [2.45, 2.75) is 50.4 Å². The molecule has 2 aromatic heterocycles. The van der Waals surface area contributed by atoms with Gasteiger partial charge in [0, 0.05) is 5.69 Å². The zero-order valence-corrected chi connectivity index (χ0v) is 14.8. The van der Waals surface area contributed by atoms with Crippen molar-refractivity contribution in [1.82, 2.24) is 15.1 Å². The van der Waals surface area contributed by atoms with E-state index in [0.717, 1.165) is 37.8 Å². The number of aromatic nitrogens is 3. The van der Waals surface area contributed by atoms with E-state index in [1.54, 1.807) is 0 Å². The molecule has 2 heterocycles. The molecular weight excluding hydrogens is 326 g/mol. The minimum Gasteiger partial charge on any atom is -0.338 e. The van der Waals surface area contributed by atoms with E-state index in [1.807, 2.05) is 12.1 Å². The third-order valence-electron chi connectivity index (χ3n) is 5.93. The van der Waals surface area contributed by atoms with Crippen molar-refractivity contribution in [2.75, 3.05) is 0 Å². The number of nitrogens with zero attached hydrogens (tertiary/aromatic N) is 2. The lowest BCUT2D eigenvalue weighted by molar-refractivity contribution is 0.350. The van der Waals surface area contributed by atoms with Crippen LogP contribution in [0.1, 0.15) is 54.8 Å². The van der Waals surface area contributed by atoms with Crippen LogP contribution >= 0.6 is 0 Å². The highest BCUT2D eigenvalue weighted by Crippen LogP contribution is 2.59. The highest BCUT2D eigenvalue weighted by atomic mass is 16.5. The van der Waals surface area contributed by atoms with Gasteiger partial charge in [-0.05, 0) is 55.2 Å². The van der Waals surface area contributed by atoms with Gasteiger partial charge in [-0.3, -0.25) is 4.79 Å². The second-order valence-corrected chi connectivity index (χ2v) is 7.73. The second kappa shape index (κ2) is 5.66. The fourth-order valence-electron chi connectivity index (χ4n) is 4.18. The highest BCUT2D eigenvalue weighted by molar-refractivity contribution is 5.55. The summed E-state index contributed by atoms with van der Waals surface area (Å²) in [6.45, 7) is 2.15. The van der Waals surface area contributed by atoms with Crippen LogP contribution in [0.3, 0.4) is 0 Å². The molecule has 3 aromatic rings. The summed E-state index contributed by atoms with van der Waals surface area (Å²) in [5.41, 5.74) is 3.80. The fourth-order valence-corrected chi connectivity index (χ4v) is 4.18. The lowest BCUT2D eigenvalue weighted by atomic mass is 9.95. The van der Waals surface area contributed by atoms with Crippen LogP contribution in [0.25, 0.3) is 11.4 Å². The number of hydrogen-bond acceptors (Lipinski definition) is 4. The Hall–Kier alpha value is -2.69. The molecule has 0 aliphatic heterocycles. The molecule has 2 aliphatic rings. The highest BCUT2D eigenvalue weighted by Gasteiger charge is 2.56. The maximum atomic E-state index is 12.5. The molecule has 1 N–H and O–H groups in total. The Morgan fingerprint density at radius 1 is 1.19 bits per heavy atom. The average Bonchev–Trinajstić information content (AvgIpc) is 3.13. The van der Waals surface area contributed by atoms with Gasteiger partial charge in [-0.1, -0.05) is 42.4 Å². The number of aryl methyl sites for hydroxylation is 2. The van der Waals surface area contributed by atoms with E-state index in [0.29, 0.717) is 23.2 Å². The summed E-state index contributed by atoms with van der Waals surface area (Å²) in [5.74, 6) is 1.41. The molecule has 5 rings (SSSR count). The number of aromatic amines is 1. The van der Waals surface area contributed by atoms with Crippen molar-refractivity contribution in [3.05, 3.63) is 69.5 Å². The molecule has 2 aliphatic carbocycles. The monoisotopic (exact) mass is 347 g/mol. The van der Waals surface area contributed by atoms with Gasteiger partial charge in [-0.25, -0.2) is 0 Å². The Bertz CT molecular complexity index is 1020. The van der Waals surface area contributed by atoms with Crippen LogP contribution in [0.2, 0.25) is 0 Å². The molecule has 0 amide bonds. The molecule has 5 nitrogen and oxygen atoms in total. The number of H-pyrrole nitrogens is 1. The van der Waals surface area contributed by atoms with E-state index >= 15 is 0 Å². The number of hydrogen-bond donors (Lipinski definition) is 1. The number of nitrogens with one attached hydrogen (secondary N) is 1. The van der Waals surface area contributed by atoms with Crippen molar-refractivity contribution in [2.24, 2.45) is 0 Å². The summed E-state index contributed by atoms with van der Waals surface area (Å²) in [6.07, 6.45) is 5.22. The van der Waals surface area contributed by atoms with Gasteiger partial charge in [0.05, 0.1) is 11.0 Å². The van der Waals surface area contributed by atoms with Crippen LogP contribution in [0.5, 0.6) is 0 Å². The number of pyridine rings is 1. The van der Waals surface area contributed by atoms with Gasteiger partial charge < -0.3 is 9.51 Å². The van der Waals surface area contributed by atoms with Crippen molar-refractivity contribution in [3.63, 3.8) is 0 Å². The molecule has 2 atom stereocenters. The normalized spacial score (nSPS) is 24.3. The van der Waals surface area contributed by atoms with Crippen molar-refractivity contribution in [1.29, 1.82) is 0 Å². The Morgan fingerprint density at radius 3 is 2.85 bits per heavy atom. The number of benzene rings is 1. The third-order valence-corrected chi connectivity index (χ3v) is 5.93. The van der Waals surface area contributed by atoms with Crippen LogP contribution in [0.15, 0.2) is 45.7 Å². The van der Waals surface area contributed by atoms with Gasteiger partial charge in [0.2, 0.25) is 11.7 Å². The molecule has 0 unspecified atom stereocenters. The first-order valence-corrected chi connectivity index (χ1v) is 9.30. The van der Waals surface area contributed by atoms with Crippen LogP contribution in [0, 0.1) is 0 Å². The molecule has 1 saturated carbocycles. The van der Waals surface area contributed by atoms with Crippen molar-refractivity contribution >= 4 is 0 Å². The average molecular weight is 347 g/mol. The molecule has 5 heteroatoms. The smallest absolute Gasteiger partial charge is 0.259 e. The minimum absolute atomic E-state index is 0.126. The Labute approximate surface area is 151 Å². The summed E-state index contributed by atoms with van der Waals surface area (Å²) in [7, 11) is 0. The molecule has 0 bridgehead atoms. The van der Waals surface area contributed by atoms with E-state index < -0.39 is 0 Å².